The highest BCUT2D eigenvalue weighted by atomic mass is 16.5. The number of amides is 1. The van der Waals surface area contributed by atoms with Crippen LogP contribution in [0.2, 0.25) is 0 Å². The lowest BCUT2D eigenvalue weighted by Crippen LogP contribution is -2.36. The van der Waals surface area contributed by atoms with Crippen molar-refractivity contribution >= 4 is 5.91 Å². The van der Waals surface area contributed by atoms with Crippen LogP contribution in [0.15, 0.2) is 36.5 Å². The molecule has 128 valence electrons. The zero-order valence-corrected chi connectivity index (χ0v) is 13.7. The topological polar surface area (TPSA) is 78.3 Å². The summed E-state index contributed by atoms with van der Waals surface area (Å²) in [6, 6.07) is 9.08. The molecule has 2 heterocycles. The van der Waals surface area contributed by atoms with Gasteiger partial charge in [-0.1, -0.05) is 23.4 Å². The standard InChI is InChI=1S/C17H22N4O3/c1-13(17(22)18-10-16-8-5-9-23-16)21-11-14(19-20-21)12-24-15-6-3-2-4-7-15/h2-4,6-7,11,13,16H,5,8-10,12H2,1H3,(H,18,22)/t13-,16+/m0/s1. The number of rotatable bonds is 7. The van der Waals surface area contributed by atoms with E-state index in [1.54, 1.807) is 17.8 Å². The van der Waals surface area contributed by atoms with Crippen molar-refractivity contribution in [2.24, 2.45) is 0 Å². The Morgan fingerprint density at radius 2 is 2.29 bits per heavy atom. The molecule has 24 heavy (non-hydrogen) atoms. The first-order chi connectivity index (χ1) is 11.7. The normalized spacial score (nSPS) is 18.3. The first kappa shape index (κ1) is 16.4. The van der Waals surface area contributed by atoms with Crippen molar-refractivity contribution in [3.8, 4) is 5.75 Å². The average Bonchev–Trinajstić information content (AvgIpc) is 3.30. The van der Waals surface area contributed by atoms with Crippen molar-refractivity contribution in [3.05, 3.63) is 42.2 Å². The first-order valence-electron chi connectivity index (χ1n) is 8.20. The van der Waals surface area contributed by atoms with Crippen LogP contribution < -0.4 is 10.1 Å². The second-order valence-electron chi connectivity index (χ2n) is 5.85. The molecule has 0 radical (unpaired) electrons. The molecule has 1 aliphatic rings. The number of carbonyl (C=O) groups is 1. The molecule has 0 aliphatic carbocycles. The Morgan fingerprint density at radius 1 is 1.46 bits per heavy atom. The molecule has 1 aromatic heterocycles. The lowest BCUT2D eigenvalue weighted by Gasteiger charge is -2.14. The molecule has 1 aliphatic heterocycles. The summed E-state index contributed by atoms with van der Waals surface area (Å²) in [6.07, 6.45) is 3.93. The molecule has 1 amide bonds. The quantitative estimate of drug-likeness (QED) is 0.836. The van der Waals surface area contributed by atoms with E-state index in [2.05, 4.69) is 15.6 Å². The Morgan fingerprint density at radius 3 is 3.04 bits per heavy atom. The van der Waals surface area contributed by atoms with E-state index in [0.717, 1.165) is 25.2 Å². The summed E-state index contributed by atoms with van der Waals surface area (Å²) >= 11 is 0. The van der Waals surface area contributed by atoms with Crippen LogP contribution in [0.25, 0.3) is 0 Å². The SMILES string of the molecule is C[C@@H](C(=O)NC[C@H]1CCCO1)n1cc(COc2ccccc2)nn1. The van der Waals surface area contributed by atoms with Crippen LogP contribution in [0.3, 0.4) is 0 Å². The summed E-state index contributed by atoms with van der Waals surface area (Å²) in [5.41, 5.74) is 0.678. The van der Waals surface area contributed by atoms with Gasteiger partial charge in [0.2, 0.25) is 5.91 Å². The minimum atomic E-state index is -0.427. The maximum Gasteiger partial charge on any atom is 0.244 e. The van der Waals surface area contributed by atoms with Gasteiger partial charge in [0.15, 0.2) is 0 Å². The number of ether oxygens (including phenoxy) is 2. The predicted octanol–water partition coefficient (Wildman–Crippen LogP) is 1.71. The lowest BCUT2D eigenvalue weighted by atomic mass is 10.2. The van der Waals surface area contributed by atoms with Crippen molar-refractivity contribution in [3.63, 3.8) is 0 Å². The van der Waals surface area contributed by atoms with Gasteiger partial charge in [0, 0.05) is 13.2 Å². The van der Waals surface area contributed by atoms with E-state index in [1.165, 1.54) is 0 Å². The molecule has 1 aromatic carbocycles. The van der Waals surface area contributed by atoms with Gasteiger partial charge in [0.25, 0.3) is 0 Å². The van der Waals surface area contributed by atoms with Crippen LogP contribution in [-0.4, -0.2) is 40.2 Å². The highest BCUT2D eigenvalue weighted by Gasteiger charge is 2.20. The van der Waals surface area contributed by atoms with Crippen molar-refractivity contribution in [1.82, 2.24) is 20.3 Å². The van der Waals surface area contributed by atoms with Crippen molar-refractivity contribution < 1.29 is 14.3 Å². The zero-order valence-electron chi connectivity index (χ0n) is 13.7. The van der Waals surface area contributed by atoms with E-state index in [-0.39, 0.29) is 12.0 Å². The molecular formula is C17H22N4O3. The van der Waals surface area contributed by atoms with Crippen molar-refractivity contribution in [1.29, 1.82) is 0 Å². The predicted molar refractivity (Wildman–Crippen MR) is 87.5 cm³/mol. The maximum atomic E-state index is 12.2. The summed E-state index contributed by atoms with van der Waals surface area (Å²) in [7, 11) is 0. The van der Waals surface area contributed by atoms with Gasteiger partial charge in [-0.2, -0.15) is 0 Å². The fourth-order valence-electron chi connectivity index (χ4n) is 2.53. The van der Waals surface area contributed by atoms with Crippen molar-refractivity contribution in [2.75, 3.05) is 13.2 Å². The number of nitrogens with zero attached hydrogens (tertiary/aromatic N) is 3. The Hall–Kier alpha value is -2.41. The number of benzene rings is 1. The molecule has 7 nitrogen and oxygen atoms in total. The van der Waals surface area contributed by atoms with Gasteiger partial charge >= 0.3 is 0 Å². The maximum absolute atomic E-state index is 12.2. The molecule has 0 spiro atoms. The molecular weight excluding hydrogens is 308 g/mol. The van der Waals surface area contributed by atoms with Crippen LogP contribution in [-0.2, 0) is 16.1 Å². The van der Waals surface area contributed by atoms with Gasteiger partial charge in [-0.3, -0.25) is 4.79 Å². The minimum Gasteiger partial charge on any atom is -0.487 e. The summed E-state index contributed by atoms with van der Waals surface area (Å²) in [4.78, 5) is 12.2. The summed E-state index contributed by atoms with van der Waals surface area (Å²) < 4.78 is 12.7. The number of hydrogen-bond donors (Lipinski definition) is 1. The van der Waals surface area contributed by atoms with Crippen LogP contribution in [0.5, 0.6) is 5.75 Å². The van der Waals surface area contributed by atoms with Crippen LogP contribution in [0.4, 0.5) is 0 Å². The average molecular weight is 330 g/mol. The second-order valence-corrected chi connectivity index (χ2v) is 5.85. The minimum absolute atomic E-state index is 0.0917. The fourth-order valence-corrected chi connectivity index (χ4v) is 2.53. The molecule has 0 unspecified atom stereocenters. The summed E-state index contributed by atoms with van der Waals surface area (Å²) in [5.74, 6) is 0.681. The van der Waals surface area contributed by atoms with E-state index < -0.39 is 6.04 Å². The Labute approximate surface area is 141 Å². The van der Waals surface area contributed by atoms with E-state index in [4.69, 9.17) is 9.47 Å². The summed E-state index contributed by atoms with van der Waals surface area (Å²) in [5, 5.41) is 11.0. The Kier molecular flexibility index (Phi) is 5.43. The number of aromatic nitrogens is 3. The van der Waals surface area contributed by atoms with Gasteiger partial charge in [-0.05, 0) is 31.9 Å². The number of para-hydroxylation sites is 1. The van der Waals surface area contributed by atoms with Gasteiger partial charge in [0.05, 0.1) is 12.3 Å². The second kappa shape index (κ2) is 7.92. The van der Waals surface area contributed by atoms with Gasteiger partial charge < -0.3 is 14.8 Å². The third-order valence-electron chi connectivity index (χ3n) is 3.99. The lowest BCUT2D eigenvalue weighted by molar-refractivity contribution is -0.124. The van der Waals surface area contributed by atoms with Crippen LogP contribution in [0, 0.1) is 0 Å². The highest BCUT2D eigenvalue weighted by molar-refractivity contribution is 5.79. The van der Waals surface area contributed by atoms with Gasteiger partial charge in [-0.15, -0.1) is 5.10 Å². The summed E-state index contributed by atoms with van der Waals surface area (Å²) in [6.45, 7) is 3.43. The fraction of sp³-hybridized carbons (Fsp3) is 0.471. The largest absolute Gasteiger partial charge is 0.487 e. The smallest absolute Gasteiger partial charge is 0.244 e. The van der Waals surface area contributed by atoms with Crippen LogP contribution >= 0.6 is 0 Å². The zero-order chi connectivity index (χ0) is 16.8. The molecule has 2 atom stereocenters. The van der Waals surface area contributed by atoms with Crippen molar-refractivity contribution in [2.45, 2.75) is 38.5 Å². The number of hydrogen-bond acceptors (Lipinski definition) is 5. The third-order valence-corrected chi connectivity index (χ3v) is 3.99. The number of nitrogens with one attached hydrogen (secondary N) is 1. The Balaban J connectivity index is 1.49. The highest BCUT2D eigenvalue weighted by Crippen LogP contribution is 2.13. The van der Waals surface area contributed by atoms with E-state index in [9.17, 15) is 4.79 Å². The van der Waals surface area contributed by atoms with Gasteiger partial charge in [0.1, 0.15) is 24.1 Å². The monoisotopic (exact) mass is 330 g/mol. The number of carbonyl (C=O) groups excluding carboxylic acids is 1. The molecule has 2 aromatic rings. The third kappa shape index (κ3) is 4.32. The van der Waals surface area contributed by atoms with E-state index in [1.807, 2.05) is 30.3 Å². The van der Waals surface area contributed by atoms with Gasteiger partial charge in [-0.25, -0.2) is 4.68 Å². The van der Waals surface area contributed by atoms with Crippen LogP contribution in [0.1, 0.15) is 31.5 Å². The molecule has 1 saturated heterocycles. The molecule has 0 bridgehead atoms. The molecule has 0 saturated carbocycles. The Bertz CT molecular complexity index is 653. The van der Waals surface area contributed by atoms with E-state index >= 15 is 0 Å². The first-order valence-corrected chi connectivity index (χ1v) is 8.20. The molecule has 7 heteroatoms. The van der Waals surface area contributed by atoms with E-state index in [0.29, 0.717) is 18.8 Å². The molecule has 1 fully saturated rings. The molecule has 1 N–H and O–H groups in total. The molecule has 3 rings (SSSR count).